The molecule has 0 radical (unpaired) electrons. The van der Waals surface area contributed by atoms with Crippen LogP contribution in [0.15, 0.2) is 60.9 Å². The third-order valence-electron chi connectivity index (χ3n) is 6.35. The van der Waals surface area contributed by atoms with E-state index in [1.807, 2.05) is 0 Å². The van der Waals surface area contributed by atoms with Gasteiger partial charge in [-0.2, -0.15) is 0 Å². The highest BCUT2D eigenvalue weighted by Gasteiger charge is 2.21. The SMILES string of the molecule is Cn1cc(NC(=O)c2nc(NC(=O)OC(C)(C)C)cn2C)cc1C(=O)Nc1ccc(-c2nc3cc(NC(=O)O)ccc3[nH]2)cc1. The summed E-state index contributed by atoms with van der Waals surface area (Å²) in [4.78, 5) is 60.9. The minimum absolute atomic E-state index is 0.0397. The number of aromatic amines is 1. The van der Waals surface area contributed by atoms with Crippen molar-refractivity contribution in [3.05, 3.63) is 72.4 Å². The van der Waals surface area contributed by atoms with Gasteiger partial charge >= 0.3 is 12.2 Å². The first-order valence-corrected chi connectivity index (χ1v) is 13.7. The lowest BCUT2D eigenvalue weighted by molar-refractivity contribution is 0.0634. The van der Waals surface area contributed by atoms with Gasteiger partial charge in [-0.05, 0) is 69.3 Å². The van der Waals surface area contributed by atoms with E-state index in [-0.39, 0.29) is 11.6 Å². The summed E-state index contributed by atoms with van der Waals surface area (Å²) >= 11 is 0. The molecule has 0 unspecified atom stereocenters. The van der Waals surface area contributed by atoms with Crippen molar-refractivity contribution in [1.29, 1.82) is 0 Å². The predicted molar refractivity (Wildman–Crippen MR) is 168 cm³/mol. The number of aromatic nitrogens is 5. The quantitative estimate of drug-likeness (QED) is 0.143. The number of anilines is 4. The van der Waals surface area contributed by atoms with Crippen LogP contribution in [0.5, 0.6) is 0 Å². The van der Waals surface area contributed by atoms with Crippen LogP contribution in [0.4, 0.5) is 32.5 Å². The maximum atomic E-state index is 13.1. The largest absolute Gasteiger partial charge is 0.465 e. The van der Waals surface area contributed by atoms with E-state index in [9.17, 15) is 19.2 Å². The van der Waals surface area contributed by atoms with E-state index < -0.39 is 29.6 Å². The molecule has 45 heavy (non-hydrogen) atoms. The lowest BCUT2D eigenvalue weighted by atomic mass is 10.2. The molecule has 5 aromatic rings. The zero-order valence-electron chi connectivity index (χ0n) is 25.1. The second-order valence-electron chi connectivity index (χ2n) is 11.1. The van der Waals surface area contributed by atoms with Gasteiger partial charge in [0.25, 0.3) is 11.8 Å². The molecule has 0 aliphatic carbocycles. The molecular weight excluding hydrogens is 582 g/mol. The molecule has 4 amide bonds. The molecule has 0 saturated carbocycles. The molecule has 15 heteroatoms. The van der Waals surface area contributed by atoms with Gasteiger partial charge in [0.05, 0.1) is 16.7 Å². The van der Waals surface area contributed by atoms with Crippen LogP contribution in [0.3, 0.4) is 0 Å². The predicted octanol–water partition coefficient (Wildman–Crippen LogP) is 5.24. The van der Waals surface area contributed by atoms with Gasteiger partial charge in [0.1, 0.15) is 17.1 Å². The van der Waals surface area contributed by atoms with Crippen molar-refractivity contribution >= 4 is 57.9 Å². The number of fused-ring (bicyclic) bond motifs is 1. The van der Waals surface area contributed by atoms with E-state index in [4.69, 9.17) is 9.84 Å². The first-order valence-electron chi connectivity index (χ1n) is 13.7. The van der Waals surface area contributed by atoms with Gasteiger partial charge in [-0.1, -0.05) is 0 Å². The van der Waals surface area contributed by atoms with Gasteiger partial charge in [0.2, 0.25) is 5.82 Å². The van der Waals surface area contributed by atoms with Gasteiger partial charge < -0.3 is 34.6 Å². The summed E-state index contributed by atoms with van der Waals surface area (Å²) in [6.07, 6.45) is 1.23. The van der Waals surface area contributed by atoms with Crippen LogP contribution in [0, 0.1) is 0 Å². The Hall–Kier alpha value is -6.12. The van der Waals surface area contributed by atoms with Crippen LogP contribution >= 0.6 is 0 Å². The third kappa shape index (κ3) is 7.27. The molecule has 5 rings (SSSR count). The normalized spacial score (nSPS) is 11.2. The van der Waals surface area contributed by atoms with E-state index in [2.05, 4.69) is 36.2 Å². The number of hydrogen-bond acceptors (Lipinski definition) is 7. The number of hydrogen-bond donors (Lipinski definition) is 6. The standard InChI is InChI=1S/C30H31N9O6/c1-30(2,3)45-29(44)37-23-15-39(5)25(36-23)27(41)32-19-13-22(38(4)14-19)26(40)31-17-8-6-16(7-9-17)24-34-20-11-10-18(33-28(42)43)12-21(20)35-24/h6-15,33H,1-5H3,(H,31,40)(H,32,41)(H,34,35)(H,37,44)(H,42,43). The number of nitrogens with one attached hydrogen (secondary N) is 5. The Kier molecular flexibility index (Phi) is 8.00. The minimum atomic E-state index is -1.16. The molecule has 0 aliphatic heterocycles. The molecule has 0 atom stereocenters. The number of amides is 4. The summed E-state index contributed by atoms with van der Waals surface area (Å²) in [6, 6.07) is 13.6. The highest BCUT2D eigenvalue weighted by molar-refractivity contribution is 6.06. The lowest BCUT2D eigenvalue weighted by Crippen LogP contribution is -2.27. The first kappa shape index (κ1) is 30.3. The number of rotatable bonds is 7. The number of ether oxygens (including phenoxy) is 1. The average molecular weight is 614 g/mol. The molecule has 15 nitrogen and oxygen atoms in total. The molecule has 6 N–H and O–H groups in total. The average Bonchev–Trinajstić information content (AvgIpc) is 3.63. The van der Waals surface area contributed by atoms with Crippen LogP contribution < -0.4 is 21.3 Å². The molecule has 0 fully saturated rings. The fraction of sp³-hybridized carbons (Fsp3) is 0.200. The number of imidazole rings is 2. The number of aryl methyl sites for hydroxylation is 2. The van der Waals surface area contributed by atoms with Crippen molar-refractivity contribution < 1.29 is 29.0 Å². The van der Waals surface area contributed by atoms with E-state index >= 15 is 0 Å². The highest BCUT2D eigenvalue weighted by Crippen LogP contribution is 2.25. The Labute approximate surface area is 256 Å². The van der Waals surface area contributed by atoms with Crippen LogP contribution in [-0.4, -0.2) is 58.8 Å². The molecule has 3 heterocycles. The Morgan fingerprint density at radius 2 is 1.49 bits per heavy atom. The number of benzene rings is 2. The molecular formula is C30H31N9O6. The highest BCUT2D eigenvalue weighted by atomic mass is 16.6. The van der Waals surface area contributed by atoms with Crippen molar-refractivity contribution in [2.75, 3.05) is 21.3 Å². The van der Waals surface area contributed by atoms with E-state index in [1.165, 1.54) is 16.8 Å². The second kappa shape index (κ2) is 11.9. The molecule has 0 aliphatic rings. The maximum Gasteiger partial charge on any atom is 0.413 e. The van der Waals surface area contributed by atoms with Crippen LogP contribution in [0.25, 0.3) is 22.4 Å². The van der Waals surface area contributed by atoms with Crippen molar-refractivity contribution in [2.45, 2.75) is 26.4 Å². The topological polar surface area (TPSA) is 197 Å². The Morgan fingerprint density at radius 1 is 0.800 bits per heavy atom. The summed E-state index contributed by atoms with van der Waals surface area (Å²) in [5.41, 5.74) is 3.03. The summed E-state index contributed by atoms with van der Waals surface area (Å²) in [5.74, 6) is -0.161. The molecule has 0 bridgehead atoms. The molecule has 0 spiro atoms. The van der Waals surface area contributed by atoms with Gasteiger partial charge in [0.15, 0.2) is 5.82 Å². The fourth-order valence-electron chi connectivity index (χ4n) is 4.44. The molecule has 0 saturated heterocycles. The first-order chi connectivity index (χ1) is 21.2. The number of H-pyrrole nitrogens is 1. The van der Waals surface area contributed by atoms with Crippen molar-refractivity contribution in [3.63, 3.8) is 0 Å². The Bertz CT molecular complexity index is 1930. The summed E-state index contributed by atoms with van der Waals surface area (Å²) in [5, 5.41) is 19.3. The van der Waals surface area contributed by atoms with Gasteiger partial charge in [-0.15, -0.1) is 0 Å². The summed E-state index contributed by atoms with van der Waals surface area (Å²) in [7, 11) is 3.29. The van der Waals surface area contributed by atoms with Crippen LogP contribution in [-0.2, 0) is 18.8 Å². The fourth-order valence-corrected chi connectivity index (χ4v) is 4.44. The zero-order valence-corrected chi connectivity index (χ0v) is 25.1. The Morgan fingerprint density at radius 3 is 2.18 bits per heavy atom. The van der Waals surface area contributed by atoms with E-state index in [0.29, 0.717) is 34.1 Å². The van der Waals surface area contributed by atoms with Crippen molar-refractivity contribution in [2.24, 2.45) is 14.1 Å². The third-order valence-corrected chi connectivity index (χ3v) is 6.35. The van der Waals surface area contributed by atoms with Crippen LogP contribution in [0.1, 0.15) is 41.9 Å². The number of nitrogens with zero attached hydrogens (tertiary/aromatic N) is 4. The maximum absolute atomic E-state index is 13.1. The monoisotopic (exact) mass is 613 g/mol. The Balaban J connectivity index is 1.22. The van der Waals surface area contributed by atoms with Crippen LogP contribution in [0.2, 0.25) is 0 Å². The molecule has 232 valence electrons. The van der Waals surface area contributed by atoms with Gasteiger partial charge in [-0.25, -0.2) is 19.6 Å². The molecule has 3 aromatic heterocycles. The van der Waals surface area contributed by atoms with Crippen molar-refractivity contribution in [3.8, 4) is 11.4 Å². The van der Waals surface area contributed by atoms with Gasteiger partial charge in [-0.3, -0.25) is 20.2 Å². The minimum Gasteiger partial charge on any atom is -0.465 e. The lowest BCUT2D eigenvalue weighted by Gasteiger charge is -2.18. The van der Waals surface area contributed by atoms with E-state index in [0.717, 1.165) is 11.1 Å². The number of carbonyl (C=O) groups excluding carboxylic acids is 3. The second-order valence-corrected chi connectivity index (χ2v) is 11.1. The van der Waals surface area contributed by atoms with E-state index in [1.54, 1.807) is 88.1 Å². The number of carbonyl (C=O) groups is 4. The summed E-state index contributed by atoms with van der Waals surface area (Å²) < 4.78 is 8.25. The smallest absolute Gasteiger partial charge is 0.413 e. The zero-order chi connectivity index (χ0) is 32.5. The van der Waals surface area contributed by atoms with Gasteiger partial charge in [0, 0.05) is 43.4 Å². The summed E-state index contributed by atoms with van der Waals surface area (Å²) in [6.45, 7) is 5.21. The number of carboxylic acid groups (broad SMARTS) is 1. The molecule has 2 aromatic carbocycles. The van der Waals surface area contributed by atoms with Crippen molar-refractivity contribution in [1.82, 2.24) is 24.1 Å².